The predicted octanol–water partition coefficient (Wildman–Crippen LogP) is 2.16. The molecule has 0 aromatic heterocycles. The van der Waals surface area contributed by atoms with Crippen LogP contribution in [0, 0.1) is 5.92 Å². The van der Waals surface area contributed by atoms with Gasteiger partial charge in [0.25, 0.3) is 0 Å². The molecule has 0 saturated carbocycles. The number of ether oxygens (including phenoxy) is 1. The molecule has 1 N–H and O–H groups in total. The summed E-state index contributed by atoms with van der Waals surface area (Å²) in [6.07, 6.45) is 1.36. The zero-order valence-corrected chi connectivity index (χ0v) is 10.8. The molecule has 0 bridgehead atoms. The quantitative estimate of drug-likeness (QED) is 0.892. The highest BCUT2D eigenvalue weighted by molar-refractivity contribution is 5.70. The third-order valence-corrected chi connectivity index (χ3v) is 3.72. The summed E-state index contributed by atoms with van der Waals surface area (Å²) in [7, 11) is 3.69. The van der Waals surface area contributed by atoms with Crippen molar-refractivity contribution in [2.45, 2.75) is 18.9 Å². The van der Waals surface area contributed by atoms with Crippen LogP contribution in [-0.2, 0) is 4.79 Å². The SMILES string of the molecule is COc1ccccc1C1CC(C(=O)O)CCN1C. The van der Waals surface area contributed by atoms with E-state index in [9.17, 15) is 4.79 Å². The molecule has 0 radical (unpaired) electrons. The summed E-state index contributed by atoms with van der Waals surface area (Å²) in [6.45, 7) is 0.805. The Hall–Kier alpha value is -1.55. The van der Waals surface area contributed by atoms with Crippen LogP contribution < -0.4 is 4.74 Å². The summed E-state index contributed by atoms with van der Waals surface area (Å²) in [5.41, 5.74) is 1.08. The minimum atomic E-state index is -0.692. The number of piperidine rings is 1. The second-order valence-electron chi connectivity index (χ2n) is 4.80. The van der Waals surface area contributed by atoms with E-state index in [-0.39, 0.29) is 12.0 Å². The van der Waals surface area contributed by atoms with Crippen LogP contribution in [0.4, 0.5) is 0 Å². The van der Waals surface area contributed by atoms with Crippen LogP contribution in [0.3, 0.4) is 0 Å². The molecule has 2 rings (SSSR count). The van der Waals surface area contributed by atoms with Gasteiger partial charge in [-0.15, -0.1) is 0 Å². The summed E-state index contributed by atoms with van der Waals surface area (Å²) in [5, 5.41) is 9.17. The Labute approximate surface area is 107 Å². The van der Waals surface area contributed by atoms with E-state index in [2.05, 4.69) is 4.90 Å². The lowest BCUT2D eigenvalue weighted by molar-refractivity contribution is -0.144. The Bertz CT molecular complexity index is 433. The summed E-state index contributed by atoms with van der Waals surface area (Å²) in [6, 6.07) is 7.96. The van der Waals surface area contributed by atoms with Crippen molar-refractivity contribution in [3.63, 3.8) is 0 Å². The Kier molecular flexibility index (Phi) is 3.87. The van der Waals surface area contributed by atoms with E-state index in [0.717, 1.165) is 24.3 Å². The third kappa shape index (κ3) is 2.48. The number of hydrogen-bond acceptors (Lipinski definition) is 3. The van der Waals surface area contributed by atoms with E-state index >= 15 is 0 Å². The summed E-state index contributed by atoms with van der Waals surface area (Å²) >= 11 is 0. The fourth-order valence-electron chi connectivity index (χ4n) is 2.61. The highest BCUT2D eigenvalue weighted by atomic mass is 16.5. The average Bonchev–Trinajstić information content (AvgIpc) is 2.39. The topological polar surface area (TPSA) is 49.8 Å². The minimum Gasteiger partial charge on any atom is -0.496 e. The molecule has 4 nitrogen and oxygen atoms in total. The van der Waals surface area contributed by atoms with E-state index in [1.54, 1.807) is 7.11 Å². The monoisotopic (exact) mass is 249 g/mol. The molecule has 18 heavy (non-hydrogen) atoms. The van der Waals surface area contributed by atoms with Crippen LogP contribution in [0.25, 0.3) is 0 Å². The second kappa shape index (κ2) is 5.40. The first-order valence-electron chi connectivity index (χ1n) is 6.19. The molecular formula is C14H19NO3. The molecule has 2 unspecified atom stereocenters. The molecule has 0 aliphatic carbocycles. The Morgan fingerprint density at radius 2 is 2.17 bits per heavy atom. The van der Waals surface area contributed by atoms with Gasteiger partial charge in [0.2, 0.25) is 0 Å². The standard InChI is InChI=1S/C14H19NO3/c1-15-8-7-10(14(16)17)9-12(15)11-5-3-4-6-13(11)18-2/h3-6,10,12H,7-9H2,1-2H3,(H,16,17). The molecule has 1 saturated heterocycles. The van der Waals surface area contributed by atoms with Gasteiger partial charge in [-0.3, -0.25) is 9.69 Å². The lowest BCUT2D eigenvalue weighted by atomic mass is 9.87. The van der Waals surface area contributed by atoms with Gasteiger partial charge in [0.1, 0.15) is 5.75 Å². The first kappa shape index (κ1) is 12.9. The predicted molar refractivity (Wildman–Crippen MR) is 68.7 cm³/mol. The smallest absolute Gasteiger partial charge is 0.306 e. The number of hydrogen-bond donors (Lipinski definition) is 1. The van der Waals surface area contributed by atoms with Crippen LogP contribution in [0.2, 0.25) is 0 Å². The number of carboxylic acid groups (broad SMARTS) is 1. The van der Waals surface area contributed by atoms with Gasteiger partial charge in [-0.05, 0) is 32.5 Å². The van der Waals surface area contributed by atoms with Gasteiger partial charge < -0.3 is 9.84 Å². The molecule has 1 fully saturated rings. The number of likely N-dealkylation sites (tertiary alicyclic amines) is 1. The fraction of sp³-hybridized carbons (Fsp3) is 0.500. The number of carbonyl (C=O) groups is 1. The maximum atomic E-state index is 11.1. The van der Waals surface area contributed by atoms with E-state index in [0.29, 0.717) is 6.42 Å². The highest BCUT2D eigenvalue weighted by Crippen LogP contribution is 2.37. The van der Waals surface area contributed by atoms with Crippen molar-refractivity contribution >= 4 is 5.97 Å². The Morgan fingerprint density at radius 3 is 2.83 bits per heavy atom. The second-order valence-corrected chi connectivity index (χ2v) is 4.80. The molecule has 0 spiro atoms. The van der Waals surface area contributed by atoms with Gasteiger partial charge in [-0.25, -0.2) is 0 Å². The van der Waals surface area contributed by atoms with Crippen LogP contribution in [0.15, 0.2) is 24.3 Å². The number of nitrogens with zero attached hydrogens (tertiary/aromatic N) is 1. The molecular weight excluding hydrogens is 230 g/mol. The van der Waals surface area contributed by atoms with Gasteiger partial charge >= 0.3 is 5.97 Å². The molecule has 1 heterocycles. The normalized spacial score (nSPS) is 24.8. The first-order chi connectivity index (χ1) is 8.63. The van der Waals surface area contributed by atoms with Crippen LogP contribution in [0.1, 0.15) is 24.4 Å². The first-order valence-corrected chi connectivity index (χ1v) is 6.19. The third-order valence-electron chi connectivity index (χ3n) is 3.72. The van der Waals surface area contributed by atoms with Crippen molar-refractivity contribution in [3.05, 3.63) is 29.8 Å². The molecule has 4 heteroatoms. The van der Waals surface area contributed by atoms with E-state index in [1.807, 2.05) is 31.3 Å². The zero-order chi connectivity index (χ0) is 13.1. The molecule has 1 aliphatic heterocycles. The lowest BCUT2D eigenvalue weighted by Gasteiger charge is -2.36. The van der Waals surface area contributed by atoms with Gasteiger partial charge in [-0.2, -0.15) is 0 Å². The molecule has 98 valence electrons. The zero-order valence-electron chi connectivity index (χ0n) is 10.8. The number of carboxylic acids is 1. The number of methoxy groups -OCH3 is 1. The lowest BCUT2D eigenvalue weighted by Crippen LogP contribution is -2.36. The van der Waals surface area contributed by atoms with E-state index < -0.39 is 5.97 Å². The van der Waals surface area contributed by atoms with E-state index in [4.69, 9.17) is 9.84 Å². The fourth-order valence-corrected chi connectivity index (χ4v) is 2.61. The summed E-state index contributed by atoms with van der Waals surface area (Å²) in [5.74, 6) is -0.112. The van der Waals surface area contributed by atoms with Gasteiger partial charge in [0, 0.05) is 11.6 Å². The van der Waals surface area contributed by atoms with Crippen LogP contribution in [0.5, 0.6) is 5.75 Å². The molecule has 0 amide bonds. The van der Waals surface area contributed by atoms with Gasteiger partial charge in [0.15, 0.2) is 0 Å². The van der Waals surface area contributed by atoms with Crippen molar-refractivity contribution in [2.75, 3.05) is 20.7 Å². The van der Waals surface area contributed by atoms with Gasteiger partial charge in [0.05, 0.1) is 13.0 Å². The van der Waals surface area contributed by atoms with Crippen LogP contribution >= 0.6 is 0 Å². The Morgan fingerprint density at radius 1 is 1.44 bits per heavy atom. The molecule has 2 atom stereocenters. The minimum absolute atomic E-state index is 0.121. The maximum absolute atomic E-state index is 11.1. The molecule has 1 aliphatic rings. The van der Waals surface area contributed by atoms with Crippen molar-refractivity contribution in [2.24, 2.45) is 5.92 Å². The number of aliphatic carboxylic acids is 1. The molecule has 1 aromatic rings. The Balaban J connectivity index is 2.26. The molecule has 1 aromatic carbocycles. The highest BCUT2D eigenvalue weighted by Gasteiger charge is 2.32. The summed E-state index contributed by atoms with van der Waals surface area (Å²) in [4.78, 5) is 13.3. The number of benzene rings is 1. The summed E-state index contributed by atoms with van der Waals surface area (Å²) < 4.78 is 5.37. The maximum Gasteiger partial charge on any atom is 0.306 e. The van der Waals surface area contributed by atoms with Crippen LogP contribution in [-0.4, -0.2) is 36.7 Å². The largest absolute Gasteiger partial charge is 0.496 e. The number of para-hydroxylation sites is 1. The number of rotatable bonds is 3. The van der Waals surface area contributed by atoms with Crippen molar-refractivity contribution in [1.82, 2.24) is 4.90 Å². The average molecular weight is 249 g/mol. The van der Waals surface area contributed by atoms with Crippen molar-refractivity contribution in [1.29, 1.82) is 0 Å². The van der Waals surface area contributed by atoms with E-state index in [1.165, 1.54) is 0 Å². The van der Waals surface area contributed by atoms with Crippen molar-refractivity contribution in [3.8, 4) is 5.75 Å². The van der Waals surface area contributed by atoms with Gasteiger partial charge in [-0.1, -0.05) is 18.2 Å². The van der Waals surface area contributed by atoms with Crippen molar-refractivity contribution < 1.29 is 14.6 Å².